The van der Waals surface area contributed by atoms with Gasteiger partial charge in [-0.2, -0.15) is 0 Å². The molecule has 2 N–H and O–H groups in total. The molecule has 0 spiro atoms. The first-order valence-corrected chi connectivity index (χ1v) is 8.01. The summed E-state index contributed by atoms with van der Waals surface area (Å²) in [5, 5.41) is 0. The summed E-state index contributed by atoms with van der Waals surface area (Å²) in [6.07, 6.45) is 2.51. The van der Waals surface area contributed by atoms with Crippen molar-refractivity contribution in [3.8, 4) is 5.75 Å². The summed E-state index contributed by atoms with van der Waals surface area (Å²) >= 11 is 0. The van der Waals surface area contributed by atoms with Crippen LogP contribution in [-0.2, 0) is 11.3 Å². The van der Waals surface area contributed by atoms with Crippen LogP contribution in [0, 0.1) is 0 Å². The monoisotopic (exact) mass is 292 g/mol. The van der Waals surface area contributed by atoms with Gasteiger partial charge < -0.3 is 15.2 Å². The van der Waals surface area contributed by atoms with Crippen LogP contribution in [0.5, 0.6) is 5.75 Å². The molecule has 1 aliphatic rings. The molecule has 1 fully saturated rings. The highest BCUT2D eigenvalue weighted by molar-refractivity contribution is 5.32. The Kier molecular flexibility index (Phi) is 6.49. The highest BCUT2D eigenvalue weighted by atomic mass is 16.5. The fraction of sp³-hybridized carbons (Fsp3) is 0.647. The van der Waals surface area contributed by atoms with Gasteiger partial charge in [-0.05, 0) is 25.8 Å². The molecule has 4 nitrogen and oxygen atoms in total. The minimum absolute atomic E-state index is 0.340. The Labute approximate surface area is 128 Å². The molecule has 2 atom stereocenters. The van der Waals surface area contributed by atoms with Crippen LogP contribution in [-0.4, -0.2) is 43.3 Å². The smallest absolute Gasteiger partial charge is 0.123 e. The Hall–Kier alpha value is -1.10. The first kappa shape index (κ1) is 16.3. The van der Waals surface area contributed by atoms with Gasteiger partial charge in [0.25, 0.3) is 0 Å². The van der Waals surface area contributed by atoms with Gasteiger partial charge in [-0.25, -0.2) is 0 Å². The quantitative estimate of drug-likeness (QED) is 0.784. The van der Waals surface area contributed by atoms with Crippen LogP contribution < -0.4 is 10.5 Å². The summed E-state index contributed by atoms with van der Waals surface area (Å²) in [6, 6.07) is 8.55. The second-order valence-electron chi connectivity index (χ2n) is 5.71. The summed E-state index contributed by atoms with van der Waals surface area (Å²) in [4.78, 5) is 2.53. The van der Waals surface area contributed by atoms with Crippen molar-refractivity contribution in [2.75, 3.05) is 26.3 Å². The van der Waals surface area contributed by atoms with E-state index in [2.05, 4.69) is 18.7 Å². The molecule has 4 heteroatoms. The van der Waals surface area contributed by atoms with Crippen LogP contribution in [0.15, 0.2) is 24.3 Å². The number of hydrogen-bond donors (Lipinski definition) is 1. The zero-order valence-electron chi connectivity index (χ0n) is 13.3. The van der Waals surface area contributed by atoms with E-state index in [1.54, 1.807) is 0 Å². The number of para-hydroxylation sites is 1. The Morgan fingerprint density at radius 1 is 1.38 bits per heavy atom. The second-order valence-corrected chi connectivity index (χ2v) is 5.71. The van der Waals surface area contributed by atoms with Gasteiger partial charge >= 0.3 is 0 Å². The lowest BCUT2D eigenvalue weighted by Crippen LogP contribution is -2.48. The molecule has 1 saturated heterocycles. The molecule has 0 saturated carbocycles. The van der Waals surface area contributed by atoms with E-state index in [9.17, 15) is 0 Å². The number of nitrogens with zero attached hydrogens (tertiary/aromatic N) is 1. The Bertz CT molecular complexity index is 425. The molecule has 0 aliphatic carbocycles. The van der Waals surface area contributed by atoms with Gasteiger partial charge in [0.1, 0.15) is 5.75 Å². The first-order valence-electron chi connectivity index (χ1n) is 8.01. The predicted molar refractivity (Wildman–Crippen MR) is 85.5 cm³/mol. The Balaban J connectivity index is 1.75. The van der Waals surface area contributed by atoms with Crippen molar-refractivity contribution >= 4 is 0 Å². The van der Waals surface area contributed by atoms with Crippen molar-refractivity contribution in [1.82, 2.24) is 4.90 Å². The molecule has 1 aromatic rings. The van der Waals surface area contributed by atoms with Gasteiger partial charge in [-0.1, -0.05) is 25.1 Å². The largest absolute Gasteiger partial charge is 0.493 e. The van der Waals surface area contributed by atoms with Crippen molar-refractivity contribution in [2.45, 2.75) is 45.4 Å². The summed E-state index contributed by atoms with van der Waals surface area (Å²) in [5.41, 5.74) is 6.79. The first-order chi connectivity index (χ1) is 10.2. The van der Waals surface area contributed by atoms with E-state index >= 15 is 0 Å². The number of morpholine rings is 1. The second kappa shape index (κ2) is 8.37. The fourth-order valence-electron chi connectivity index (χ4n) is 2.83. The Morgan fingerprint density at radius 2 is 2.19 bits per heavy atom. The molecule has 1 aliphatic heterocycles. The molecule has 2 rings (SSSR count). The molecule has 0 radical (unpaired) electrons. The van der Waals surface area contributed by atoms with E-state index in [1.807, 2.05) is 24.3 Å². The average Bonchev–Trinajstić information content (AvgIpc) is 2.52. The van der Waals surface area contributed by atoms with Crippen molar-refractivity contribution in [3.05, 3.63) is 29.8 Å². The van der Waals surface area contributed by atoms with Gasteiger partial charge in [0.05, 0.1) is 19.3 Å². The molecular formula is C17H28N2O2. The van der Waals surface area contributed by atoms with Gasteiger partial charge in [0.15, 0.2) is 0 Å². The van der Waals surface area contributed by atoms with E-state index in [4.69, 9.17) is 15.2 Å². The molecule has 1 heterocycles. The third-order valence-electron chi connectivity index (χ3n) is 4.09. The molecule has 0 aromatic heterocycles. The predicted octanol–water partition coefficient (Wildman–Crippen LogP) is 2.41. The molecule has 21 heavy (non-hydrogen) atoms. The molecule has 0 bridgehead atoms. The van der Waals surface area contributed by atoms with Crippen LogP contribution in [0.25, 0.3) is 0 Å². The standard InChI is InChI=1S/C17H28N2O2/c1-3-16-13-21-14(2)12-19(16)9-6-10-20-17-8-5-4-7-15(17)11-18/h4-5,7-8,14,16H,3,6,9-13,18H2,1-2H3. The fourth-order valence-corrected chi connectivity index (χ4v) is 2.83. The zero-order chi connectivity index (χ0) is 15.1. The lowest BCUT2D eigenvalue weighted by atomic mass is 10.1. The maximum absolute atomic E-state index is 5.88. The molecule has 118 valence electrons. The van der Waals surface area contributed by atoms with E-state index in [1.165, 1.54) is 0 Å². The van der Waals surface area contributed by atoms with E-state index in [-0.39, 0.29) is 0 Å². The maximum Gasteiger partial charge on any atom is 0.123 e. The van der Waals surface area contributed by atoms with Crippen molar-refractivity contribution in [1.29, 1.82) is 0 Å². The lowest BCUT2D eigenvalue weighted by Gasteiger charge is -2.38. The van der Waals surface area contributed by atoms with Crippen molar-refractivity contribution in [3.63, 3.8) is 0 Å². The SMILES string of the molecule is CCC1COC(C)CN1CCCOc1ccccc1CN. The van der Waals surface area contributed by atoms with Crippen LogP contribution in [0.3, 0.4) is 0 Å². The van der Waals surface area contributed by atoms with Gasteiger partial charge in [0, 0.05) is 31.2 Å². The molecule has 0 amide bonds. The van der Waals surface area contributed by atoms with Crippen LogP contribution in [0.2, 0.25) is 0 Å². The third kappa shape index (κ3) is 4.70. The minimum atomic E-state index is 0.340. The number of hydrogen-bond acceptors (Lipinski definition) is 4. The van der Waals surface area contributed by atoms with Gasteiger partial charge in [-0.15, -0.1) is 0 Å². The number of nitrogens with two attached hydrogens (primary N) is 1. The van der Waals surface area contributed by atoms with Crippen LogP contribution >= 0.6 is 0 Å². The average molecular weight is 292 g/mol. The van der Waals surface area contributed by atoms with Gasteiger partial charge in [-0.3, -0.25) is 4.90 Å². The lowest BCUT2D eigenvalue weighted by molar-refractivity contribution is -0.0567. The summed E-state index contributed by atoms with van der Waals surface area (Å²) in [7, 11) is 0. The highest BCUT2D eigenvalue weighted by Gasteiger charge is 2.24. The molecule has 2 unspecified atom stereocenters. The van der Waals surface area contributed by atoms with E-state index in [0.29, 0.717) is 18.7 Å². The van der Waals surface area contributed by atoms with Crippen molar-refractivity contribution in [2.24, 2.45) is 5.73 Å². The topological polar surface area (TPSA) is 47.7 Å². The maximum atomic E-state index is 5.88. The van der Waals surface area contributed by atoms with Crippen molar-refractivity contribution < 1.29 is 9.47 Å². The normalized spacial score (nSPS) is 23.2. The van der Waals surface area contributed by atoms with E-state index in [0.717, 1.165) is 50.5 Å². The number of rotatable bonds is 7. The van der Waals surface area contributed by atoms with Crippen LogP contribution in [0.4, 0.5) is 0 Å². The summed E-state index contributed by atoms with van der Waals surface area (Å²) in [5.74, 6) is 0.919. The highest BCUT2D eigenvalue weighted by Crippen LogP contribution is 2.18. The summed E-state index contributed by atoms with van der Waals surface area (Å²) < 4.78 is 11.6. The minimum Gasteiger partial charge on any atom is -0.493 e. The van der Waals surface area contributed by atoms with E-state index < -0.39 is 0 Å². The zero-order valence-corrected chi connectivity index (χ0v) is 13.3. The third-order valence-corrected chi connectivity index (χ3v) is 4.09. The van der Waals surface area contributed by atoms with Gasteiger partial charge in [0.2, 0.25) is 0 Å². The summed E-state index contributed by atoms with van der Waals surface area (Å²) in [6.45, 7) is 8.58. The molecular weight excluding hydrogens is 264 g/mol. The Morgan fingerprint density at radius 3 is 2.95 bits per heavy atom. The molecule has 1 aromatic carbocycles. The van der Waals surface area contributed by atoms with Crippen LogP contribution in [0.1, 0.15) is 32.3 Å². The number of benzene rings is 1. The number of ether oxygens (including phenoxy) is 2.